The fourth-order valence-corrected chi connectivity index (χ4v) is 3.39. The summed E-state index contributed by atoms with van der Waals surface area (Å²) in [5, 5.41) is 3.80. The SMILES string of the molecule is Cc1ccc([C@@H](C)NC2CCOC3(CCC3)C2)cc1. The van der Waals surface area contributed by atoms with Crippen LogP contribution in [-0.2, 0) is 4.74 Å². The average Bonchev–Trinajstić information content (AvgIpc) is 2.38. The van der Waals surface area contributed by atoms with E-state index in [0.717, 1.165) is 13.0 Å². The van der Waals surface area contributed by atoms with Crippen molar-refractivity contribution < 1.29 is 4.74 Å². The van der Waals surface area contributed by atoms with Gasteiger partial charge in [-0.05, 0) is 51.5 Å². The Labute approximate surface area is 116 Å². The lowest BCUT2D eigenvalue weighted by molar-refractivity contribution is -0.136. The van der Waals surface area contributed by atoms with Gasteiger partial charge in [0.2, 0.25) is 0 Å². The summed E-state index contributed by atoms with van der Waals surface area (Å²) in [5.74, 6) is 0. The molecular weight excluding hydrogens is 234 g/mol. The smallest absolute Gasteiger partial charge is 0.0697 e. The Kier molecular flexibility index (Phi) is 3.64. The molecule has 0 aromatic heterocycles. The summed E-state index contributed by atoms with van der Waals surface area (Å²) in [6.45, 7) is 5.34. The van der Waals surface area contributed by atoms with Gasteiger partial charge in [0.05, 0.1) is 5.60 Å². The molecule has 1 heterocycles. The van der Waals surface area contributed by atoms with E-state index in [1.165, 1.54) is 36.8 Å². The molecule has 3 rings (SSSR count). The van der Waals surface area contributed by atoms with Crippen LogP contribution in [-0.4, -0.2) is 18.2 Å². The lowest BCUT2D eigenvalue weighted by Crippen LogP contribution is -2.51. The van der Waals surface area contributed by atoms with E-state index < -0.39 is 0 Å². The van der Waals surface area contributed by atoms with Crippen LogP contribution in [0.3, 0.4) is 0 Å². The van der Waals surface area contributed by atoms with Crippen LogP contribution in [0.5, 0.6) is 0 Å². The Morgan fingerprint density at radius 1 is 1.26 bits per heavy atom. The van der Waals surface area contributed by atoms with E-state index in [0.29, 0.717) is 12.1 Å². The third-order valence-electron chi connectivity index (χ3n) is 4.82. The highest BCUT2D eigenvalue weighted by Gasteiger charge is 2.42. The Morgan fingerprint density at radius 3 is 2.63 bits per heavy atom. The van der Waals surface area contributed by atoms with Crippen molar-refractivity contribution >= 4 is 0 Å². The van der Waals surface area contributed by atoms with Gasteiger partial charge in [-0.1, -0.05) is 29.8 Å². The van der Waals surface area contributed by atoms with E-state index in [9.17, 15) is 0 Å². The zero-order valence-electron chi connectivity index (χ0n) is 12.1. The molecule has 2 aliphatic rings. The van der Waals surface area contributed by atoms with Crippen molar-refractivity contribution in [3.05, 3.63) is 35.4 Å². The molecule has 2 nitrogen and oxygen atoms in total. The van der Waals surface area contributed by atoms with Crippen LogP contribution >= 0.6 is 0 Å². The molecule has 2 fully saturated rings. The van der Waals surface area contributed by atoms with Crippen molar-refractivity contribution in [1.29, 1.82) is 0 Å². The first kappa shape index (κ1) is 13.1. The van der Waals surface area contributed by atoms with Gasteiger partial charge in [0, 0.05) is 18.7 Å². The predicted molar refractivity (Wildman–Crippen MR) is 78.3 cm³/mol. The highest BCUT2D eigenvalue weighted by Crippen LogP contribution is 2.42. The summed E-state index contributed by atoms with van der Waals surface area (Å²) in [5.41, 5.74) is 2.96. The Balaban J connectivity index is 1.59. The molecule has 0 amide bonds. The highest BCUT2D eigenvalue weighted by atomic mass is 16.5. The van der Waals surface area contributed by atoms with Crippen LogP contribution < -0.4 is 5.32 Å². The van der Waals surface area contributed by atoms with Gasteiger partial charge in [-0.3, -0.25) is 0 Å². The van der Waals surface area contributed by atoms with Crippen molar-refractivity contribution in [2.75, 3.05) is 6.61 Å². The summed E-state index contributed by atoms with van der Waals surface area (Å²) >= 11 is 0. The summed E-state index contributed by atoms with van der Waals surface area (Å²) in [7, 11) is 0. The lowest BCUT2D eigenvalue weighted by atomic mass is 9.74. The largest absolute Gasteiger partial charge is 0.375 e. The molecule has 104 valence electrons. The second kappa shape index (κ2) is 5.26. The molecule has 1 saturated carbocycles. The van der Waals surface area contributed by atoms with Gasteiger partial charge in [-0.15, -0.1) is 0 Å². The molecule has 1 aromatic carbocycles. The summed E-state index contributed by atoms with van der Waals surface area (Å²) < 4.78 is 5.99. The normalized spacial score (nSPS) is 26.9. The molecule has 0 radical (unpaired) electrons. The van der Waals surface area contributed by atoms with Crippen molar-refractivity contribution in [3.8, 4) is 0 Å². The van der Waals surface area contributed by atoms with Gasteiger partial charge >= 0.3 is 0 Å². The van der Waals surface area contributed by atoms with Crippen LogP contribution in [0.25, 0.3) is 0 Å². The second-order valence-electron chi connectivity index (χ2n) is 6.37. The molecule has 1 spiro atoms. The number of aryl methyl sites for hydroxylation is 1. The number of rotatable bonds is 3. The van der Waals surface area contributed by atoms with Crippen LogP contribution in [0, 0.1) is 6.92 Å². The Morgan fingerprint density at radius 2 is 2.00 bits per heavy atom. The minimum Gasteiger partial charge on any atom is -0.375 e. The first-order chi connectivity index (χ1) is 9.17. The summed E-state index contributed by atoms with van der Waals surface area (Å²) in [6, 6.07) is 9.93. The fourth-order valence-electron chi connectivity index (χ4n) is 3.39. The monoisotopic (exact) mass is 259 g/mol. The quantitative estimate of drug-likeness (QED) is 0.892. The maximum absolute atomic E-state index is 5.99. The van der Waals surface area contributed by atoms with Crippen LogP contribution in [0.2, 0.25) is 0 Å². The number of ether oxygens (including phenoxy) is 1. The molecule has 1 aliphatic heterocycles. The molecule has 19 heavy (non-hydrogen) atoms. The van der Waals surface area contributed by atoms with Crippen molar-refractivity contribution in [2.24, 2.45) is 0 Å². The molecule has 1 aromatic rings. The Hall–Kier alpha value is -0.860. The molecule has 1 aliphatic carbocycles. The van der Waals surface area contributed by atoms with Crippen LogP contribution in [0.1, 0.15) is 56.2 Å². The molecule has 0 bridgehead atoms. The van der Waals surface area contributed by atoms with E-state index in [1.54, 1.807) is 0 Å². The minimum atomic E-state index is 0.239. The average molecular weight is 259 g/mol. The molecule has 1 saturated heterocycles. The van der Waals surface area contributed by atoms with Crippen molar-refractivity contribution in [3.63, 3.8) is 0 Å². The molecule has 2 atom stereocenters. The van der Waals surface area contributed by atoms with Gasteiger partial charge in [-0.2, -0.15) is 0 Å². The third-order valence-corrected chi connectivity index (χ3v) is 4.82. The zero-order chi connectivity index (χ0) is 13.3. The minimum absolute atomic E-state index is 0.239. The topological polar surface area (TPSA) is 21.3 Å². The van der Waals surface area contributed by atoms with Gasteiger partial charge in [0.15, 0.2) is 0 Å². The maximum Gasteiger partial charge on any atom is 0.0697 e. The standard InChI is InChI=1S/C17H25NO/c1-13-4-6-15(7-5-13)14(2)18-16-8-11-19-17(12-16)9-3-10-17/h4-7,14,16,18H,3,8-12H2,1-2H3/t14-,16?/m1/s1. The van der Waals surface area contributed by atoms with E-state index in [4.69, 9.17) is 4.74 Å². The van der Waals surface area contributed by atoms with Gasteiger partial charge in [0.1, 0.15) is 0 Å². The zero-order valence-corrected chi connectivity index (χ0v) is 12.1. The molecular formula is C17H25NO. The molecule has 1 N–H and O–H groups in total. The maximum atomic E-state index is 5.99. The predicted octanol–water partition coefficient (Wildman–Crippen LogP) is 3.75. The van der Waals surface area contributed by atoms with E-state index in [2.05, 4.69) is 43.4 Å². The Bertz CT molecular complexity index is 421. The van der Waals surface area contributed by atoms with E-state index in [1.807, 2.05) is 0 Å². The summed E-state index contributed by atoms with van der Waals surface area (Å²) in [6.07, 6.45) is 6.23. The first-order valence-electron chi connectivity index (χ1n) is 7.63. The highest BCUT2D eigenvalue weighted by molar-refractivity contribution is 5.23. The molecule has 2 heteroatoms. The van der Waals surface area contributed by atoms with Crippen LogP contribution in [0.15, 0.2) is 24.3 Å². The fraction of sp³-hybridized carbons (Fsp3) is 0.647. The van der Waals surface area contributed by atoms with E-state index in [-0.39, 0.29) is 5.60 Å². The van der Waals surface area contributed by atoms with Gasteiger partial charge < -0.3 is 10.1 Å². The van der Waals surface area contributed by atoms with Gasteiger partial charge in [0.25, 0.3) is 0 Å². The van der Waals surface area contributed by atoms with E-state index >= 15 is 0 Å². The van der Waals surface area contributed by atoms with Crippen LogP contribution in [0.4, 0.5) is 0 Å². The number of benzene rings is 1. The number of nitrogens with one attached hydrogen (secondary N) is 1. The lowest BCUT2D eigenvalue weighted by Gasteiger charge is -2.47. The number of hydrogen-bond acceptors (Lipinski definition) is 2. The first-order valence-corrected chi connectivity index (χ1v) is 7.63. The van der Waals surface area contributed by atoms with Crippen molar-refractivity contribution in [2.45, 2.75) is 63.6 Å². The van der Waals surface area contributed by atoms with Gasteiger partial charge in [-0.25, -0.2) is 0 Å². The third kappa shape index (κ3) is 2.85. The number of hydrogen-bond donors (Lipinski definition) is 1. The second-order valence-corrected chi connectivity index (χ2v) is 6.37. The summed E-state index contributed by atoms with van der Waals surface area (Å²) in [4.78, 5) is 0. The van der Waals surface area contributed by atoms with Crippen molar-refractivity contribution in [1.82, 2.24) is 5.32 Å². The molecule has 1 unspecified atom stereocenters.